The fourth-order valence-electron chi connectivity index (χ4n) is 2.07. The van der Waals surface area contributed by atoms with Crippen molar-refractivity contribution in [3.8, 4) is 0 Å². The van der Waals surface area contributed by atoms with E-state index in [9.17, 15) is 0 Å². The number of nitrogens with one attached hydrogen (secondary N) is 1. The summed E-state index contributed by atoms with van der Waals surface area (Å²) in [6, 6.07) is 1.01. The predicted molar refractivity (Wildman–Crippen MR) is 86.3 cm³/mol. The Balaban J connectivity index is 2.99. The van der Waals surface area contributed by atoms with Gasteiger partial charge in [0.05, 0.1) is 5.69 Å². The summed E-state index contributed by atoms with van der Waals surface area (Å²) in [6.07, 6.45) is 0. The third-order valence-electron chi connectivity index (χ3n) is 3.14. The van der Waals surface area contributed by atoms with Gasteiger partial charge in [-0.1, -0.05) is 27.7 Å². The number of aromatic nitrogens is 1. The molecule has 1 aromatic heterocycles. The first-order chi connectivity index (χ1) is 8.86. The van der Waals surface area contributed by atoms with Crippen LogP contribution in [0.4, 0.5) is 5.13 Å². The van der Waals surface area contributed by atoms with E-state index in [4.69, 9.17) is 4.98 Å². The van der Waals surface area contributed by atoms with Gasteiger partial charge in [0, 0.05) is 30.1 Å². The van der Waals surface area contributed by atoms with Crippen LogP contribution in [-0.4, -0.2) is 23.6 Å². The number of hydrogen-bond acceptors (Lipinski definition) is 4. The van der Waals surface area contributed by atoms with E-state index in [1.54, 1.807) is 0 Å². The first-order valence-electron chi connectivity index (χ1n) is 7.36. The van der Waals surface area contributed by atoms with E-state index < -0.39 is 0 Å². The molecule has 0 spiro atoms. The van der Waals surface area contributed by atoms with Gasteiger partial charge in [-0.25, -0.2) is 4.98 Å². The van der Waals surface area contributed by atoms with Gasteiger partial charge in [0.15, 0.2) is 5.13 Å². The lowest BCUT2D eigenvalue weighted by Crippen LogP contribution is -2.30. The van der Waals surface area contributed by atoms with E-state index in [0.29, 0.717) is 18.0 Å². The topological polar surface area (TPSA) is 28.2 Å². The highest BCUT2D eigenvalue weighted by Gasteiger charge is 2.19. The number of anilines is 1. The van der Waals surface area contributed by atoms with Crippen molar-refractivity contribution in [1.82, 2.24) is 10.3 Å². The number of thiazole rings is 1. The average molecular weight is 283 g/mol. The zero-order chi connectivity index (χ0) is 14.6. The summed E-state index contributed by atoms with van der Waals surface area (Å²) >= 11 is 1.84. The van der Waals surface area contributed by atoms with Crippen LogP contribution >= 0.6 is 11.3 Å². The van der Waals surface area contributed by atoms with E-state index in [-0.39, 0.29) is 0 Å². The van der Waals surface area contributed by atoms with Gasteiger partial charge >= 0.3 is 0 Å². The van der Waals surface area contributed by atoms with Gasteiger partial charge in [-0.15, -0.1) is 11.3 Å². The molecule has 0 saturated heterocycles. The van der Waals surface area contributed by atoms with Crippen molar-refractivity contribution in [2.75, 3.05) is 11.4 Å². The quantitative estimate of drug-likeness (QED) is 0.820. The van der Waals surface area contributed by atoms with Crippen LogP contribution in [0.15, 0.2) is 0 Å². The molecule has 0 fully saturated rings. The predicted octanol–water partition coefficient (Wildman–Crippen LogP) is 4.00. The zero-order valence-electron chi connectivity index (χ0n) is 13.4. The fraction of sp³-hybridized carbons (Fsp3) is 0.800. The zero-order valence-corrected chi connectivity index (χ0v) is 14.3. The van der Waals surface area contributed by atoms with Crippen LogP contribution in [0.25, 0.3) is 0 Å². The molecule has 1 aromatic rings. The molecule has 1 heterocycles. The maximum Gasteiger partial charge on any atom is 0.186 e. The van der Waals surface area contributed by atoms with Crippen LogP contribution in [0.2, 0.25) is 0 Å². The van der Waals surface area contributed by atoms with Crippen LogP contribution < -0.4 is 10.2 Å². The van der Waals surface area contributed by atoms with Crippen molar-refractivity contribution in [1.29, 1.82) is 0 Å². The highest BCUT2D eigenvalue weighted by molar-refractivity contribution is 7.15. The monoisotopic (exact) mass is 283 g/mol. The van der Waals surface area contributed by atoms with Gasteiger partial charge in [0.25, 0.3) is 0 Å². The molecule has 0 saturated carbocycles. The molecule has 19 heavy (non-hydrogen) atoms. The Labute approximate surface area is 122 Å². The standard InChI is InChI=1S/C15H29N3S/c1-8-18(12(6)7)15-17-14(10(2)3)13(19-15)9-16-11(4)5/h10-12,16H,8-9H2,1-7H3. The van der Waals surface area contributed by atoms with Crippen molar-refractivity contribution in [2.45, 2.75) is 73.0 Å². The largest absolute Gasteiger partial charge is 0.346 e. The molecule has 0 amide bonds. The second kappa shape index (κ2) is 7.25. The molecule has 1 N–H and O–H groups in total. The minimum absolute atomic E-state index is 0.486. The van der Waals surface area contributed by atoms with Crippen LogP contribution in [0.5, 0.6) is 0 Å². The van der Waals surface area contributed by atoms with Crippen molar-refractivity contribution >= 4 is 16.5 Å². The second-order valence-corrected chi connectivity index (χ2v) is 6.94. The molecule has 0 aliphatic rings. The van der Waals surface area contributed by atoms with E-state index in [2.05, 4.69) is 58.7 Å². The molecule has 0 aliphatic heterocycles. The highest BCUT2D eigenvalue weighted by Crippen LogP contribution is 2.31. The Morgan fingerprint density at radius 3 is 2.21 bits per heavy atom. The molecule has 0 bridgehead atoms. The van der Waals surface area contributed by atoms with Gasteiger partial charge in [-0.05, 0) is 26.7 Å². The first-order valence-corrected chi connectivity index (χ1v) is 8.18. The molecule has 0 unspecified atom stereocenters. The third kappa shape index (κ3) is 4.46. The highest BCUT2D eigenvalue weighted by atomic mass is 32.1. The van der Waals surface area contributed by atoms with Crippen molar-refractivity contribution in [3.05, 3.63) is 10.6 Å². The molecule has 110 valence electrons. The summed E-state index contributed by atoms with van der Waals surface area (Å²) in [4.78, 5) is 8.64. The van der Waals surface area contributed by atoms with Crippen LogP contribution in [0.3, 0.4) is 0 Å². The molecular formula is C15H29N3S. The Kier molecular flexibility index (Phi) is 6.27. The number of hydrogen-bond donors (Lipinski definition) is 1. The molecule has 1 rings (SSSR count). The lowest BCUT2D eigenvalue weighted by atomic mass is 10.1. The van der Waals surface area contributed by atoms with E-state index in [1.807, 2.05) is 11.3 Å². The molecule has 4 heteroatoms. The van der Waals surface area contributed by atoms with Gasteiger partial charge < -0.3 is 10.2 Å². The summed E-state index contributed by atoms with van der Waals surface area (Å²) in [6.45, 7) is 17.4. The summed E-state index contributed by atoms with van der Waals surface area (Å²) < 4.78 is 0. The van der Waals surface area contributed by atoms with Crippen LogP contribution in [0.1, 0.15) is 65.0 Å². The molecular weight excluding hydrogens is 254 g/mol. The van der Waals surface area contributed by atoms with Gasteiger partial charge in [-0.3, -0.25) is 0 Å². The first kappa shape index (κ1) is 16.4. The van der Waals surface area contributed by atoms with E-state index in [1.165, 1.54) is 15.7 Å². The maximum atomic E-state index is 4.88. The number of nitrogens with zero attached hydrogens (tertiary/aromatic N) is 2. The van der Waals surface area contributed by atoms with Crippen LogP contribution in [0, 0.1) is 0 Å². The summed E-state index contributed by atoms with van der Waals surface area (Å²) in [5, 5.41) is 4.68. The van der Waals surface area contributed by atoms with Gasteiger partial charge in [0.1, 0.15) is 0 Å². The molecule has 3 nitrogen and oxygen atoms in total. The fourth-order valence-corrected chi connectivity index (χ4v) is 3.43. The lowest BCUT2D eigenvalue weighted by molar-refractivity contribution is 0.588. The van der Waals surface area contributed by atoms with E-state index >= 15 is 0 Å². The Bertz CT molecular complexity index is 383. The van der Waals surface area contributed by atoms with Gasteiger partial charge in [0.2, 0.25) is 0 Å². The minimum Gasteiger partial charge on any atom is -0.346 e. The summed E-state index contributed by atoms with van der Waals surface area (Å²) in [7, 11) is 0. The SMILES string of the molecule is CCN(c1nc(C(C)C)c(CNC(C)C)s1)C(C)C. The number of rotatable bonds is 7. The minimum atomic E-state index is 0.486. The molecule has 0 aliphatic carbocycles. The van der Waals surface area contributed by atoms with E-state index in [0.717, 1.165) is 13.1 Å². The Morgan fingerprint density at radius 2 is 1.79 bits per heavy atom. The third-order valence-corrected chi connectivity index (χ3v) is 4.25. The van der Waals surface area contributed by atoms with Gasteiger partial charge in [-0.2, -0.15) is 0 Å². The smallest absolute Gasteiger partial charge is 0.186 e. The summed E-state index contributed by atoms with van der Waals surface area (Å²) in [5.74, 6) is 0.486. The molecule has 0 radical (unpaired) electrons. The average Bonchev–Trinajstić information content (AvgIpc) is 2.71. The summed E-state index contributed by atoms with van der Waals surface area (Å²) in [5.41, 5.74) is 1.26. The molecule has 0 aromatic carbocycles. The van der Waals surface area contributed by atoms with Crippen molar-refractivity contribution < 1.29 is 0 Å². The second-order valence-electron chi connectivity index (χ2n) is 5.87. The van der Waals surface area contributed by atoms with Crippen molar-refractivity contribution in [2.24, 2.45) is 0 Å². The van der Waals surface area contributed by atoms with Crippen molar-refractivity contribution in [3.63, 3.8) is 0 Å². The molecule has 0 atom stereocenters. The maximum absolute atomic E-state index is 4.88. The van der Waals surface area contributed by atoms with Crippen LogP contribution in [-0.2, 0) is 6.54 Å². The lowest BCUT2D eigenvalue weighted by Gasteiger charge is -2.24. The Hall–Kier alpha value is -0.610. The Morgan fingerprint density at radius 1 is 1.16 bits per heavy atom. The normalized spacial score (nSPS) is 11.9.